The molecule has 10 heteroatoms. The summed E-state index contributed by atoms with van der Waals surface area (Å²) in [5, 5.41) is 2.87. The summed E-state index contributed by atoms with van der Waals surface area (Å²) in [5.74, 6) is -2.08. The van der Waals surface area contributed by atoms with Crippen LogP contribution < -0.4 is 10.0 Å². The minimum absolute atomic E-state index is 0.0106. The second kappa shape index (κ2) is 14.6. The quantitative estimate of drug-likeness (QED) is 0.267. The van der Waals surface area contributed by atoms with Gasteiger partial charge in [0.1, 0.15) is 12.6 Å². The number of methoxy groups -OCH3 is 1. The number of esters is 2. The Balaban J connectivity index is 1.66. The summed E-state index contributed by atoms with van der Waals surface area (Å²) in [4.78, 5) is 40.8. The zero-order valence-corrected chi connectivity index (χ0v) is 26.2. The summed E-state index contributed by atoms with van der Waals surface area (Å²) in [6.07, 6.45) is 4.99. The highest BCUT2D eigenvalue weighted by atomic mass is 32.2. The van der Waals surface area contributed by atoms with Gasteiger partial charge in [-0.3, -0.25) is 4.79 Å². The third-order valence-electron chi connectivity index (χ3n) is 8.11. The Morgan fingerprint density at radius 2 is 1.52 bits per heavy atom. The number of amides is 1. The standard InChI is InChI=1S/C34H40N2O7S/c1-24-18-20-28(21-19-24)44(40,41)36-30(27-15-8-5-9-16-27)32(38)43-23-34(33(39)42-3,22-26-13-6-4-7-14-26)35-31(37)29-17-11-10-12-25(29)2/h5,8-12,15-21,26,30,36H,4,6-7,13-14,22-23H2,1-3H3,(H,35,37)/t30-,34+/m0/s1. The second-order valence-corrected chi connectivity index (χ2v) is 13.2. The Labute approximate surface area is 259 Å². The van der Waals surface area contributed by atoms with E-state index in [2.05, 4.69) is 10.0 Å². The number of aryl methyl sites for hydroxylation is 2. The van der Waals surface area contributed by atoms with Gasteiger partial charge >= 0.3 is 11.9 Å². The molecule has 2 N–H and O–H groups in total. The van der Waals surface area contributed by atoms with Gasteiger partial charge in [0.2, 0.25) is 10.0 Å². The van der Waals surface area contributed by atoms with Gasteiger partial charge in [0.25, 0.3) is 5.91 Å². The maximum Gasteiger partial charge on any atom is 0.335 e. The third kappa shape index (κ3) is 8.12. The number of benzene rings is 3. The molecule has 0 heterocycles. The molecule has 0 saturated heterocycles. The first-order valence-corrected chi connectivity index (χ1v) is 16.3. The molecule has 0 bridgehead atoms. The summed E-state index contributed by atoms with van der Waals surface area (Å²) < 4.78 is 40.1. The Morgan fingerprint density at radius 3 is 2.16 bits per heavy atom. The summed E-state index contributed by atoms with van der Waals surface area (Å²) >= 11 is 0. The van der Waals surface area contributed by atoms with Crippen LogP contribution in [-0.2, 0) is 29.1 Å². The maximum absolute atomic E-state index is 13.8. The summed E-state index contributed by atoms with van der Waals surface area (Å²) in [5.41, 5.74) is 0.640. The number of carbonyl (C=O) groups is 3. The molecule has 0 radical (unpaired) electrons. The van der Waals surface area contributed by atoms with Crippen LogP contribution in [0.3, 0.4) is 0 Å². The molecule has 234 valence electrons. The van der Waals surface area contributed by atoms with Crippen molar-refractivity contribution in [2.24, 2.45) is 5.92 Å². The van der Waals surface area contributed by atoms with E-state index in [1.165, 1.54) is 19.2 Å². The zero-order chi connectivity index (χ0) is 31.7. The van der Waals surface area contributed by atoms with Crippen LogP contribution in [0.15, 0.2) is 83.8 Å². The van der Waals surface area contributed by atoms with E-state index >= 15 is 0 Å². The molecule has 44 heavy (non-hydrogen) atoms. The predicted molar refractivity (Wildman–Crippen MR) is 166 cm³/mol. The molecular weight excluding hydrogens is 580 g/mol. The van der Waals surface area contributed by atoms with Gasteiger partial charge in [-0.2, -0.15) is 4.72 Å². The van der Waals surface area contributed by atoms with Crippen molar-refractivity contribution in [3.05, 3.63) is 101 Å². The molecule has 0 unspecified atom stereocenters. The molecule has 4 rings (SSSR count). The van der Waals surface area contributed by atoms with Crippen LogP contribution in [0.4, 0.5) is 0 Å². The van der Waals surface area contributed by atoms with Crippen LogP contribution in [-0.4, -0.2) is 45.5 Å². The highest BCUT2D eigenvalue weighted by molar-refractivity contribution is 7.89. The molecule has 1 fully saturated rings. The largest absolute Gasteiger partial charge is 0.467 e. The van der Waals surface area contributed by atoms with Gasteiger partial charge in [0.05, 0.1) is 12.0 Å². The molecule has 9 nitrogen and oxygen atoms in total. The molecular formula is C34H40N2O7S. The summed E-state index contributed by atoms with van der Waals surface area (Å²) in [6.45, 7) is 3.09. The predicted octanol–water partition coefficient (Wildman–Crippen LogP) is 5.18. The fourth-order valence-corrected chi connectivity index (χ4v) is 6.82. The normalized spacial score (nSPS) is 15.9. The van der Waals surface area contributed by atoms with Crippen molar-refractivity contribution in [3.63, 3.8) is 0 Å². The van der Waals surface area contributed by atoms with E-state index in [0.717, 1.165) is 37.7 Å². The summed E-state index contributed by atoms with van der Waals surface area (Å²) in [6, 6.07) is 20.1. The number of sulfonamides is 1. The molecule has 1 amide bonds. The van der Waals surface area contributed by atoms with Crippen LogP contribution in [0, 0.1) is 19.8 Å². The van der Waals surface area contributed by atoms with Crippen molar-refractivity contribution in [2.75, 3.05) is 13.7 Å². The van der Waals surface area contributed by atoms with Crippen molar-refractivity contribution >= 4 is 27.9 Å². The van der Waals surface area contributed by atoms with E-state index < -0.39 is 46.1 Å². The van der Waals surface area contributed by atoms with Gasteiger partial charge < -0.3 is 14.8 Å². The molecule has 1 aliphatic carbocycles. The molecule has 0 aliphatic heterocycles. The SMILES string of the molecule is COC(=O)[C@](COC(=O)[C@@H](NS(=O)(=O)c1ccc(C)cc1)c1ccccc1)(CC1CCCCC1)NC(=O)c1ccccc1C. The van der Waals surface area contributed by atoms with E-state index in [1.807, 2.05) is 13.0 Å². The molecule has 1 saturated carbocycles. The number of ether oxygens (including phenoxy) is 2. The Kier molecular flexibility index (Phi) is 10.9. The van der Waals surface area contributed by atoms with Gasteiger partial charge in [-0.05, 0) is 55.5 Å². The van der Waals surface area contributed by atoms with E-state index in [0.29, 0.717) is 16.7 Å². The van der Waals surface area contributed by atoms with Gasteiger partial charge in [0, 0.05) is 5.56 Å². The third-order valence-corrected chi connectivity index (χ3v) is 9.55. The lowest BCUT2D eigenvalue weighted by molar-refractivity contribution is -0.158. The average molecular weight is 621 g/mol. The number of hydrogen-bond donors (Lipinski definition) is 2. The number of nitrogens with one attached hydrogen (secondary N) is 2. The topological polar surface area (TPSA) is 128 Å². The number of carbonyl (C=O) groups excluding carboxylic acids is 3. The van der Waals surface area contributed by atoms with Gasteiger partial charge in [-0.25, -0.2) is 18.0 Å². The zero-order valence-electron chi connectivity index (χ0n) is 25.4. The van der Waals surface area contributed by atoms with Crippen LogP contribution in [0.5, 0.6) is 0 Å². The van der Waals surface area contributed by atoms with Crippen molar-refractivity contribution in [2.45, 2.75) is 68.8 Å². The Hall–Kier alpha value is -4.02. The minimum Gasteiger partial charge on any atom is -0.467 e. The lowest BCUT2D eigenvalue weighted by atomic mass is 9.79. The first-order valence-electron chi connectivity index (χ1n) is 14.8. The molecule has 2 atom stereocenters. The van der Waals surface area contributed by atoms with Crippen LogP contribution >= 0.6 is 0 Å². The van der Waals surface area contributed by atoms with Gasteiger partial charge in [-0.1, -0.05) is 98.3 Å². The Morgan fingerprint density at radius 1 is 0.886 bits per heavy atom. The lowest BCUT2D eigenvalue weighted by Crippen LogP contribution is -2.60. The molecule has 1 aliphatic rings. The van der Waals surface area contributed by atoms with Crippen molar-refractivity contribution in [1.29, 1.82) is 0 Å². The fourth-order valence-electron chi connectivity index (χ4n) is 5.65. The van der Waals surface area contributed by atoms with Crippen LogP contribution in [0.25, 0.3) is 0 Å². The first-order chi connectivity index (χ1) is 21.0. The minimum atomic E-state index is -4.14. The van der Waals surface area contributed by atoms with E-state index in [4.69, 9.17) is 9.47 Å². The van der Waals surface area contributed by atoms with E-state index in [1.54, 1.807) is 67.6 Å². The van der Waals surface area contributed by atoms with Crippen LogP contribution in [0.1, 0.15) is 71.6 Å². The first kappa shape index (κ1) is 32.9. The molecule has 3 aromatic carbocycles. The highest BCUT2D eigenvalue weighted by Gasteiger charge is 2.45. The molecule has 0 aromatic heterocycles. The van der Waals surface area contributed by atoms with Crippen LogP contribution in [0.2, 0.25) is 0 Å². The van der Waals surface area contributed by atoms with Crippen molar-refractivity contribution in [1.82, 2.24) is 10.0 Å². The van der Waals surface area contributed by atoms with E-state index in [-0.39, 0.29) is 17.2 Å². The monoisotopic (exact) mass is 620 g/mol. The highest BCUT2D eigenvalue weighted by Crippen LogP contribution is 2.32. The summed E-state index contributed by atoms with van der Waals surface area (Å²) in [7, 11) is -2.91. The average Bonchev–Trinajstić information content (AvgIpc) is 3.03. The molecule has 3 aromatic rings. The van der Waals surface area contributed by atoms with Gasteiger partial charge in [-0.15, -0.1) is 0 Å². The maximum atomic E-state index is 13.8. The van der Waals surface area contributed by atoms with Gasteiger partial charge in [0.15, 0.2) is 5.54 Å². The fraction of sp³-hybridized carbons (Fsp3) is 0.382. The number of hydrogen-bond acceptors (Lipinski definition) is 7. The van der Waals surface area contributed by atoms with Crippen molar-refractivity contribution < 1.29 is 32.3 Å². The number of rotatable bonds is 12. The Bertz CT molecular complexity index is 1550. The second-order valence-electron chi connectivity index (χ2n) is 11.4. The van der Waals surface area contributed by atoms with E-state index in [9.17, 15) is 22.8 Å². The van der Waals surface area contributed by atoms with Crippen molar-refractivity contribution in [3.8, 4) is 0 Å². The smallest absolute Gasteiger partial charge is 0.335 e. The molecule has 0 spiro atoms. The lowest BCUT2D eigenvalue weighted by Gasteiger charge is -2.36.